The maximum atomic E-state index is 12.3. The summed E-state index contributed by atoms with van der Waals surface area (Å²) in [5.41, 5.74) is 3.64. The number of fused-ring (bicyclic) bond motifs is 1. The molecule has 2 aromatic heterocycles. The average molecular weight is 490 g/mol. The third kappa shape index (κ3) is 5.09. The monoisotopic (exact) mass is 489 g/mol. The van der Waals surface area contributed by atoms with Crippen LogP contribution in [0.25, 0.3) is 16.7 Å². The quantitative estimate of drug-likeness (QED) is 0.303. The van der Waals surface area contributed by atoms with Crippen LogP contribution in [0.15, 0.2) is 62.9 Å². The van der Waals surface area contributed by atoms with E-state index >= 15 is 0 Å². The predicted molar refractivity (Wildman–Crippen MR) is 139 cm³/mol. The lowest BCUT2D eigenvalue weighted by Gasteiger charge is -2.27. The summed E-state index contributed by atoms with van der Waals surface area (Å²) in [5.74, 6) is 1.19. The van der Waals surface area contributed by atoms with Crippen molar-refractivity contribution >= 4 is 40.3 Å². The molecule has 8 nitrogen and oxygen atoms in total. The number of aryl methyl sites for hydroxylation is 1. The van der Waals surface area contributed by atoms with E-state index in [-0.39, 0.29) is 5.91 Å². The van der Waals surface area contributed by atoms with Gasteiger partial charge >= 0.3 is 5.63 Å². The van der Waals surface area contributed by atoms with Crippen LogP contribution in [0.3, 0.4) is 0 Å². The van der Waals surface area contributed by atoms with Crippen LogP contribution in [0.1, 0.15) is 37.3 Å². The largest absolute Gasteiger partial charge is 0.423 e. The van der Waals surface area contributed by atoms with E-state index in [1.807, 2.05) is 6.07 Å². The first-order valence-corrected chi connectivity index (χ1v) is 12.7. The van der Waals surface area contributed by atoms with Crippen molar-refractivity contribution in [2.45, 2.75) is 44.0 Å². The molecular weight excluding hydrogens is 462 g/mol. The minimum atomic E-state index is -0.429. The molecule has 1 N–H and O–H groups in total. The van der Waals surface area contributed by atoms with Crippen LogP contribution < -0.4 is 15.8 Å². The molecule has 0 spiro atoms. The van der Waals surface area contributed by atoms with Gasteiger partial charge in [0.2, 0.25) is 11.9 Å². The summed E-state index contributed by atoms with van der Waals surface area (Å²) in [6.07, 6.45) is 3.54. The second-order valence-electron chi connectivity index (χ2n) is 8.77. The van der Waals surface area contributed by atoms with Gasteiger partial charge in [0.1, 0.15) is 5.58 Å². The number of rotatable bonds is 6. The summed E-state index contributed by atoms with van der Waals surface area (Å²) in [7, 11) is 0. The molecule has 0 bridgehead atoms. The molecule has 9 heteroatoms. The maximum Gasteiger partial charge on any atom is 0.336 e. The zero-order valence-electron chi connectivity index (χ0n) is 19.8. The van der Waals surface area contributed by atoms with Crippen molar-refractivity contribution in [3.8, 4) is 5.69 Å². The van der Waals surface area contributed by atoms with Crippen LogP contribution in [0, 0.1) is 6.92 Å². The summed E-state index contributed by atoms with van der Waals surface area (Å²) in [6.45, 7) is 5.45. The first kappa shape index (κ1) is 23.2. The molecule has 1 fully saturated rings. The van der Waals surface area contributed by atoms with Gasteiger partial charge in [-0.05, 0) is 56.0 Å². The van der Waals surface area contributed by atoms with Crippen molar-refractivity contribution in [2.75, 3.05) is 23.3 Å². The molecule has 1 saturated heterocycles. The standard InChI is InChI=1S/C26H27N5O3S/c1-17-6-9-21(10-7-17)31-25(30-12-4-3-5-13-30)28-29-26(31)35-16-19-14-24(33)34-23-15-20(27-18(2)32)8-11-22(19)23/h6-11,14-15H,3-5,12-13,16H2,1-2H3,(H,27,32). The van der Waals surface area contributed by atoms with Gasteiger partial charge in [-0.2, -0.15) is 0 Å². The van der Waals surface area contributed by atoms with Gasteiger partial charge in [0.05, 0.1) is 5.69 Å². The fourth-order valence-electron chi connectivity index (χ4n) is 4.35. The Morgan fingerprint density at radius 3 is 2.57 bits per heavy atom. The highest BCUT2D eigenvalue weighted by Crippen LogP contribution is 2.32. The van der Waals surface area contributed by atoms with Crippen LogP contribution in [-0.4, -0.2) is 33.8 Å². The summed E-state index contributed by atoms with van der Waals surface area (Å²) < 4.78 is 7.52. The van der Waals surface area contributed by atoms with E-state index < -0.39 is 5.63 Å². The van der Waals surface area contributed by atoms with Crippen LogP contribution in [0.5, 0.6) is 0 Å². The van der Waals surface area contributed by atoms with E-state index in [2.05, 4.69) is 56.2 Å². The first-order valence-electron chi connectivity index (χ1n) is 11.7. The minimum Gasteiger partial charge on any atom is -0.423 e. The van der Waals surface area contributed by atoms with E-state index in [1.165, 1.54) is 36.7 Å². The van der Waals surface area contributed by atoms with Gasteiger partial charge in [-0.15, -0.1) is 10.2 Å². The van der Waals surface area contributed by atoms with Crippen LogP contribution >= 0.6 is 11.8 Å². The Hall–Kier alpha value is -3.59. The number of nitrogens with zero attached hydrogens (tertiary/aromatic N) is 4. The van der Waals surface area contributed by atoms with Gasteiger partial charge in [0, 0.05) is 49.0 Å². The SMILES string of the molecule is CC(=O)Nc1ccc2c(CSc3nnc(N4CCCCC4)n3-c3ccc(C)cc3)cc(=O)oc2c1. The zero-order chi connectivity index (χ0) is 24.4. The topological polar surface area (TPSA) is 93.3 Å². The van der Waals surface area contributed by atoms with Gasteiger partial charge in [-0.1, -0.05) is 29.5 Å². The molecule has 0 atom stereocenters. The minimum absolute atomic E-state index is 0.182. The Labute approximate surface area is 207 Å². The highest BCUT2D eigenvalue weighted by molar-refractivity contribution is 7.98. The Bertz CT molecular complexity index is 1420. The number of aromatic nitrogens is 3. The fraction of sp³-hybridized carbons (Fsp3) is 0.308. The molecule has 0 unspecified atom stereocenters. The van der Waals surface area contributed by atoms with Crippen molar-refractivity contribution in [3.05, 3.63) is 70.1 Å². The van der Waals surface area contributed by atoms with E-state index in [9.17, 15) is 9.59 Å². The zero-order valence-corrected chi connectivity index (χ0v) is 20.6. The number of anilines is 2. The molecule has 1 aliphatic heterocycles. The first-order chi connectivity index (χ1) is 17.0. The Kier molecular flexibility index (Phi) is 6.59. The van der Waals surface area contributed by atoms with Gasteiger partial charge in [-0.25, -0.2) is 4.79 Å². The van der Waals surface area contributed by atoms with E-state index in [0.717, 1.165) is 53.7 Å². The Morgan fingerprint density at radius 1 is 1.06 bits per heavy atom. The molecule has 2 aromatic carbocycles. The number of hydrogen-bond donors (Lipinski definition) is 1. The van der Waals surface area contributed by atoms with Crippen molar-refractivity contribution in [3.63, 3.8) is 0 Å². The van der Waals surface area contributed by atoms with Crippen LogP contribution in [0.2, 0.25) is 0 Å². The summed E-state index contributed by atoms with van der Waals surface area (Å²) in [4.78, 5) is 26.0. The third-order valence-electron chi connectivity index (χ3n) is 6.05. The van der Waals surface area contributed by atoms with Gasteiger partial charge in [0.25, 0.3) is 0 Å². The smallest absolute Gasteiger partial charge is 0.336 e. The van der Waals surface area contributed by atoms with Crippen molar-refractivity contribution in [1.82, 2.24) is 14.8 Å². The molecule has 1 aliphatic rings. The predicted octanol–water partition coefficient (Wildman–Crippen LogP) is 4.92. The van der Waals surface area contributed by atoms with Crippen molar-refractivity contribution < 1.29 is 9.21 Å². The number of nitrogens with one attached hydrogen (secondary N) is 1. The number of carbonyl (C=O) groups excluding carboxylic acids is 1. The van der Waals surface area contributed by atoms with Crippen LogP contribution in [-0.2, 0) is 10.5 Å². The second kappa shape index (κ2) is 9.95. The molecule has 3 heterocycles. The molecule has 35 heavy (non-hydrogen) atoms. The van der Waals surface area contributed by atoms with Crippen molar-refractivity contribution in [1.29, 1.82) is 0 Å². The summed E-state index contributed by atoms with van der Waals surface area (Å²) in [5, 5.41) is 13.4. The van der Waals surface area contributed by atoms with E-state index in [1.54, 1.807) is 12.1 Å². The fourth-order valence-corrected chi connectivity index (χ4v) is 5.29. The number of benzene rings is 2. The molecular formula is C26H27N5O3S. The highest BCUT2D eigenvalue weighted by Gasteiger charge is 2.22. The number of carbonyl (C=O) groups is 1. The summed E-state index contributed by atoms with van der Waals surface area (Å²) >= 11 is 1.53. The molecule has 5 rings (SSSR count). The number of amides is 1. The normalized spacial score (nSPS) is 13.8. The van der Waals surface area contributed by atoms with Gasteiger partial charge in [0.15, 0.2) is 5.16 Å². The lowest BCUT2D eigenvalue weighted by Crippen LogP contribution is -2.31. The number of piperidine rings is 1. The lowest BCUT2D eigenvalue weighted by molar-refractivity contribution is -0.114. The maximum absolute atomic E-state index is 12.3. The van der Waals surface area contributed by atoms with Gasteiger partial charge in [-0.3, -0.25) is 9.36 Å². The van der Waals surface area contributed by atoms with E-state index in [0.29, 0.717) is 17.0 Å². The molecule has 0 aliphatic carbocycles. The van der Waals surface area contributed by atoms with E-state index in [4.69, 9.17) is 4.42 Å². The Morgan fingerprint density at radius 2 is 1.83 bits per heavy atom. The molecule has 0 radical (unpaired) electrons. The van der Waals surface area contributed by atoms with Gasteiger partial charge < -0.3 is 14.6 Å². The number of hydrogen-bond acceptors (Lipinski definition) is 7. The van der Waals surface area contributed by atoms with Crippen LogP contribution in [0.4, 0.5) is 11.6 Å². The third-order valence-corrected chi connectivity index (χ3v) is 7.03. The number of thioether (sulfide) groups is 1. The van der Waals surface area contributed by atoms with Crippen molar-refractivity contribution in [2.24, 2.45) is 0 Å². The molecule has 1 amide bonds. The molecule has 180 valence electrons. The summed E-state index contributed by atoms with van der Waals surface area (Å²) in [6, 6.07) is 15.2. The lowest BCUT2D eigenvalue weighted by atomic mass is 10.1. The Balaban J connectivity index is 1.48. The highest BCUT2D eigenvalue weighted by atomic mass is 32.2. The molecule has 4 aromatic rings. The molecule has 0 saturated carbocycles. The second-order valence-corrected chi connectivity index (χ2v) is 9.72. The average Bonchev–Trinajstić information content (AvgIpc) is 3.27.